The zero-order chi connectivity index (χ0) is 17.8. The van der Waals surface area contributed by atoms with Crippen LogP contribution < -0.4 is 4.74 Å². The van der Waals surface area contributed by atoms with E-state index in [0.29, 0.717) is 30.3 Å². The Morgan fingerprint density at radius 1 is 1.48 bits per heavy atom. The first-order valence-corrected chi connectivity index (χ1v) is 8.24. The fourth-order valence-electron chi connectivity index (χ4n) is 2.70. The molecule has 0 saturated carbocycles. The average Bonchev–Trinajstić information content (AvgIpc) is 3.20. The number of rotatable bonds is 6. The highest BCUT2D eigenvalue weighted by molar-refractivity contribution is 5.76. The van der Waals surface area contributed by atoms with Crippen molar-refractivity contribution in [3.63, 3.8) is 0 Å². The van der Waals surface area contributed by atoms with Crippen molar-refractivity contribution in [3.8, 4) is 5.75 Å². The Morgan fingerprint density at radius 2 is 2.32 bits per heavy atom. The SMILES string of the molecule is CCc1noc(CCC(=O)N2C[C@@H](O)[C@H](Oc3cccc(F)c3)C2)n1. The van der Waals surface area contributed by atoms with Gasteiger partial charge in [0.15, 0.2) is 5.82 Å². The third kappa shape index (κ3) is 4.33. The molecule has 134 valence electrons. The first-order chi connectivity index (χ1) is 12.0. The van der Waals surface area contributed by atoms with Crippen LogP contribution in [-0.2, 0) is 17.6 Å². The molecule has 1 saturated heterocycles. The molecule has 2 atom stereocenters. The molecule has 1 fully saturated rings. The van der Waals surface area contributed by atoms with Crippen LogP contribution in [-0.4, -0.2) is 51.4 Å². The molecule has 2 aromatic rings. The predicted molar refractivity (Wildman–Crippen MR) is 85.4 cm³/mol. The zero-order valence-electron chi connectivity index (χ0n) is 13.9. The molecule has 0 bridgehead atoms. The molecule has 3 rings (SSSR count). The van der Waals surface area contributed by atoms with Crippen molar-refractivity contribution < 1.29 is 23.6 Å². The van der Waals surface area contributed by atoms with Gasteiger partial charge in [-0.2, -0.15) is 4.98 Å². The van der Waals surface area contributed by atoms with Gasteiger partial charge in [0.05, 0.1) is 13.1 Å². The lowest BCUT2D eigenvalue weighted by Crippen LogP contribution is -2.31. The van der Waals surface area contributed by atoms with Gasteiger partial charge in [-0.05, 0) is 12.1 Å². The lowest BCUT2D eigenvalue weighted by molar-refractivity contribution is -0.130. The topological polar surface area (TPSA) is 88.7 Å². The molecule has 2 heterocycles. The highest BCUT2D eigenvalue weighted by Gasteiger charge is 2.35. The summed E-state index contributed by atoms with van der Waals surface area (Å²) in [5.74, 6) is 0.834. The third-order valence-corrected chi connectivity index (χ3v) is 4.05. The van der Waals surface area contributed by atoms with Crippen LogP contribution in [0.25, 0.3) is 0 Å². The van der Waals surface area contributed by atoms with Gasteiger partial charge in [-0.3, -0.25) is 4.79 Å². The summed E-state index contributed by atoms with van der Waals surface area (Å²) in [6, 6.07) is 5.71. The Morgan fingerprint density at radius 3 is 3.04 bits per heavy atom. The molecule has 1 N–H and O–H groups in total. The minimum absolute atomic E-state index is 0.124. The van der Waals surface area contributed by atoms with E-state index in [2.05, 4.69) is 10.1 Å². The van der Waals surface area contributed by atoms with E-state index in [1.807, 2.05) is 6.92 Å². The molecule has 1 aliphatic rings. The van der Waals surface area contributed by atoms with Crippen molar-refractivity contribution >= 4 is 5.91 Å². The molecule has 1 aromatic heterocycles. The van der Waals surface area contributed by atoms with Gasteiger partial charge in [0.25, 0.3) is 0 Å². The van der Waals surface area contributed by atoms with Crippen LogP contribution in [0.5, 0.6) is 5.75 Å². The maximum absolute atomic E-state index is 13.2. The largest absolute Gasteiger partial charge is 0.486 e. The molecule has 25 heavy (non-hydrogen) atoms. The summed E-state index contributed by atoms with van der Waals surface area (Å²) in [6.07, 6.45) is -0.156. The molecule has 1 aromatic carbocycles. The molecule has 7 nitrogen and oxygen atoms in total. The fraction of sp³-hybridized carbons (Fsp3) is 0.471. The van der Waals surface area contributed by atoms with E-state index in [1.165, 1.54) is 23.1 Å². The van der Waals surface area contributed by atoms with Crippen LogP contribution in [0.2, 0.25) is 0 Å². The molecular weight excluding hydrogens is 329 g/mol. The average molecular weight is 349 g/mol. The standard InChI is InChI=1S/C17H20FN3O4/c1-2-15-19-16(25-20-15)6-7-17(23)21-9-13(22)14(10-21)24-12-5-3-4-11(18)8-12/h3-5,8,13-14,22H,2,6-7,9-10H2,1H3/t13-,14-/m1/s1. The number of amides is 1. The number of carbonyl (C=O) groups is 1. The van der Waals surface area contributed by atoms with Crippen LogP contribution >= 0.6 is 0 Å². The van der Waals surface area contributed by atoms with Crippen molar-refractivity contribution in [1.82, 2.24) is 15.0 Å². The van der Waals surface area contributed by atoms with Gasteiger partial charge in [0, 0.05) is 25.3 Å². The molecule has 8 heteroatoms. The number of nitrogens with zero attached hydrogens (tertiary/aromatic N) is 3. The van der Waals surface area contributed by atoms with Gasteiger partial charge >= 0.3 is 0 Å². The molecule has 0 aliphatic carbocycles. The summed E-state index contributed by atoms with van der Waals surface area (Å²) in [7, 11) is 0. The third-order valence-electron chi connectivity index (χ3n) is 4.05. The summed E-state index contributed by atoms with van der Waals surface area (Å²) in [5, 5.41) is 13.9. The van der Waals surface area contributed by atoms with Gasteiger partial charge in [0.1, 0.15) is 23.8 Å². The number of aromatic nitrogens is 2. The molecule has 0 radical (unpaired) electrons. The molecular formula is C17H20FN3O4. The first kappa shape index (κ1) is 17.3. The highest BCUT2D eigenvalue weighted by atomic mass is 19.1. The van der Waals surface area contributed by atoms with Crippen LogP contribution in [0.15, 0.2) is 28.8 Å². The maximum atomic E-state index is 13.2. The normalized spacial score (nSPS) is 20.0. The van der Waals surface area contributed by atoms with Crippen molar-refractivity contribution in [2.75, 3.05) is 13.1 Å². The number of aliphatic hydroxyl groups is 1. The lowest BCUT2D eigenvalue weighted by Gasteiger charge is -2.17. The Labute approximate surface area is 144 Å². The van der Waals surface area contributed by atoms with Crippen LogP contribution in [0.4, 0.5) is 4.39 Å². The highest BCUT2D eigenvalue weighted by Crippen LogP contribution is 2.20. The number of halogens is 1. The molecule has 0 unspecified atom stereocenters. The van der Waals surface area contributed by atoms with E-state index in [-0.39, 0.29) is 25.4 Å². The second-order valence-corrected chi connectivity index (χ2v) is 5.94. The van der Waals surface area contributed by atoms with Gasteiger partial charge in [-0.1, -0.05) is 18.1 Å². The predicted octanol–water partition coefficient (Wildman–Crippen LogP) is 1.35. The number of ether oxygens (including phenoxy) is 1. The van der Waals surface area contributed by atoms with Crippen molar-refractivity contribution in [2.45, 2.75) is 38.4 Å². The number of aryl methyl sites for hydroxylation is 2. The number of hydrogen-bond donors (Lipinski definition) is 1. The summed E-state index contributed by atoms with van der Waals surface area (Å²) in [4.78, 5) is 18.0. The number of β-amino-alcohol motifs (C(OH)–C–C–N with tert-alkyl or cyclic N) is 1. The number of benzene rings is 1. The van der Waals surface area contributed by atoms with Crippen molar-refractivity contribution in [2.24, 2.45) is 0 Å². The number of carbonyl (C=O) groups excluding carboxylic acids is 1. The number of hydrogen-bond acceptors (Lipinski definition) is 6. The van der Waals surface area contributed by atoms with Crippen LogP contribution in [0, 0.1) is 5.82 Å². The minimum Gasteiger partial charge on any atom is -0.486 e. The smallest absolute Gasteiger partial charge is 0.227 e. The second kappa shape index (κ2) is 7.60. The van der Waals surface area contributed by atoms with E-state index in [4.69, 9.17) is 9.26 Å². The minimum atomic E-state index is -0.817. The van der Waals surface area contributed by atoms with Gasteiger partial charge < -0.3 is 19.3 Å². The van der Waals surface area contributed by atoms with Gasteiger partial charge in [-0.15, -0.1) is 0 Å². The van der Waals surface area contributed by atoms with E-state index in [0.717, 1.165) is 0 Å². The zero-order valence-corrected chi connectivity index (χ0v) is 13.9. The van der Waals surface area contributed by atoms with E-state index in [9.17, 15) is 14.3 Å². The molecule has 1 amide bonds. The summed E-state index contributed by atoms with van der Waals surface area (Å²) in [6.45, 7) is 2.35. The van der Waals surface area contributed by atoms with Crippen LogP contribution in [0.3, 0.4) is 0 Å². The second-order valence-electron chi connectivity index (χ2n) is 5.94. The van der Waals surface area contributed by atoms with Crippen LogP contribution in [0.1, 0.15) is 25.1 Å². The molecule has 0 spiro atoms. The fourth-order valence-corrected chi connectivity index (χ4v) is 2.70. The Hall–Kier alpha value is -2.48. The Balaban J connectivity index is 1.52. The van der Waals surface area contributed by atoms with E-state index >= 15 is 0 Å². The van der Waals surface area contributed by atoms with E-state index < -0.39 is 18.0 Å². The molecule has 1 aliphatic heterocycles. The quantitative estimate of drug-likeness (QED) is 0.847. The van der Waals surface area contributed by atoms with Crippen molar-refractivity contribution in [3.05, 3.63) is 41.8 Å². The monoisotopic (exact) mass is 349 g/mol. The van der Waals surface area contributed by atoms with Crippen molar-refractivity contribution in [1.29, 1.82) is 0 Å². The van der Waals surface area contributed by atoms with Gasteiger partial charge in [-0.25, -0.2) is 4.39 Å². The summed E-state index contributed by atoms with van der Waals surface area (Å²) in [5.41, 5.74) is 0. The van der Waals surface area contributed by atoms with E-state index in [1.54, 1.807) is 6.07 Å². The Bertz CT molecular complexity index is 736. The lowest BCUT2D eigenvalue weighted by atomic mass is 10.2. The number of likely N-dealkylation sites (tertiary alicyclic amines) is 1. The first-order valence-electron chi connectivity index (χ1n) is 8.24. The number of aliphatic hydroxyl groups excluding tert-OH is 1. The van der Waals surface area contributed by atoms with Gasteiger partial charge in [0.2, 0.25) is 11.8 Å². The summed E-state index contributed by atoms with van der Waals surface area (Å²) >= 11 is 0. The summed E-state index contributed by atoms with van der Waals surface area (Å²) < 4.78 is 23.9. The Kier molecular flexibility index (Phi) is 5.28. The maximum Gasteiger partial charge on any atom is 0.227 e.